The van der Waals surface area contributed by atoms with Gasteiger partial charge in [0.2, 0.25) is 20.0 Å². The molecule has 0 radical (unpaired) electrons. The lowest BCUT2D eigenvalue weighted by atomic mass is 9.88. The minimum atomic E-state index is -3.64. The second-order valence-corrected chi connectivity index (χ2v) is 10.7. The van der Waals surface area contributed by atoms with Gasteiger partial charge in [0.05, 0.1) is 23.0 Å². The second kappa shape index (κ2) is 7.93. The van der Waals surface area contributed by atoms with E-state index in [2.05, 4.69) is 11.6 Å². The van der Waals surface area contributed by atoms with Crippen molar-refractivity contribution >= 4 is 20.0 Å². The van der Waals surface area contributed by atoms with Crippen molar-refractivity contribution in [2.24, 2.45) is 5.92 Å². The quantitative estimate of drug-likeness (QED) is 0.807. The number of benzene rings is 1. The van der Waals surface area contributed by atoms with Gasteiger partial charge in [0.25, 0.3) is 0 Å². The smallest absolute Gasteiger partial charge is 0.243 e. The summed E-state index contributed by atoms with van der Waals surface area (Å²) in [5.74, 6) is 0.639. The Bertz CT molecular complexity index is 807. The van der Waals surface area contributed by atoms with Crippen LogP contribution in [0.5, 0.6) is 0 Å². The standard InChI is InChI=1S/C17H26N2O5S2/c1-14-2-4-15(5-3-14)18-25(20,21)16-6-8-17(9-7-16)26(22,23)19-10-12-24-13-11-19/h6-9,14-15,18H,2-5,10-13H2,1H3. The first-order valence-electron chi connectivity index (χ1n) is 8.99. The van der Waals surface area contributed by atoms with Crippen molar-refractivity contribution in [3.8, 4) is 0 Å². The topological polar surface area (TPSA) is 92.8 Å². The van der Waals surface area contributed by atoms with Crippen LogP contribution in [0.3, 0.4) is 0 Å². The van der Waals surface area contributed by atoms with Crippen LogP contribution >= 0.6 is 0 Å². The number of nitrogens with zero attached hydrogens (tertiary/aromatic N) is 1. The predicted octanol–water partition coefficient (Wildman–Crippen LogP) is 1.56. The predicted molar refractivity (Wildman–Crippen MR) is 97.8 cm³/mol. The highest BCUT2D eigenvalue weighted by atomic mass is 32.2. The molecule has 1 saturated carbocycles. The van der Waals surface area contributed by atoms with E-state index in [-0.39, 0.29) is 15.8 Å². The number of nitrogens with one attached hydrogen (secondary N) is 1. The van der Waals surface area contributed by atoms with E-state index in [1.165, 1.54) is 28.6 Å². The molecule has 0 amide bonds. The van der Waals surface area contributed by atoms with Crippen molar-refractivity contribution in [2.75, 3.05) is 26.3 Å². The van der Waals surface area contributed by atoms with E-state index in [9.17, 15) is 16.8 Å². The van der Waals surface area contributed by atoms with Crippen molar-refractivity contribution in [3.05, 3.63) is 24.3 Å². The molecular weight excluding hydrogens is 376 g/mol. The van der Waals surface area contributed by atoms with Crippen LogP contribution in [0.4, 0.5) is 0 Å². The fourth-order valence-electron chi connectivity index (χ4n) is 3.39. The number of morpholine rings is 1. The lowest BCUT2D eigenvalue weighted by Crippen LogP contribution is -2.40. The van der Waals surface area contributed by atoms with Crippen LogP contribution in [0.1, 0.15) is 32.6 Å². The molecule has 1 aliphatic heterocycles. The number of hydrogen-bond donors (Lipinski definition) is 1. The SMILES string of the molecule is CC1CCC(NS(=O)(=O)c2ccc(S(=O)(=O)N3CCOCC3)cc2)CC1. The van der Waals surface area contributed by atoms with Gasteiger partial charge in [-0.05, 0) is 55.9 Å². The minimum absolute atomic E-state index is 0.0482. The molecule has 1 N–H and O–H groups in total. The zero-order valence-electron chi connectivity index (χ0n) is 14.9. The van der Waals surface area contributed by atoms with Gasteiger partial charge < -0.3 is 4.74 Å². The summed E-state index contributed by atoms with van der Waals surface area (Å²) in [6, 6.07) is 5.40. The molecule has 146 valence electrons. The molecule has 3 rings (SSSR count). The zero-order valence-corrected chi connectivity index (χ0v) is 16.6. The van der Waals surface area contributed by atoms with Crippen LogP contribution in [-0.2, 0) is 24.8 Å². The highest BCUT2D eigenvalue weighted by Gasteiger charge is 2.28. The van der Waals surface area contributed by atoms with Gasteiger partial charge in [0, 0.05) is 19.1 Å². The van der Waals surface area contributed by atoms with E-state index in [0.717, 1.165) is 25.7 Å². The molecule has 0 atom stereocenters. The molecule has 0 aromatic heterocycles. The molecule has 1 aliphatic carbocycles. The molecule has 1 aromatic carbocycles. The van der Waals surface area contributed by atoms with E-state index in [4.69, 9.17) is 4.74 Å². The van der Waals surface area contributed by atoms with Crippen molar-refractivity contribution in [1.82, 2.24) is 9.03 Å². The Morgan fingerprint density at radius 1 is 0.923 bits per heavy atom. The number of hydrogen-bond acceptors (Lipinski definition) is 5. The molecule has 1 saturated heterocycles. The van der Waals surface area contributed by atoms with E-state index in [1.807, 2.05) is 0 Å². The molecule has 26 heavy (non-hydrogen) atoms. The maximum Gasteiger partial charge on any atom is 0.243 e. The summed E-state index contributed by atoms with van der Waals surface area (Å²) in [6.45, 7) is 3.54. The first-order valence-corrected chi connectivity index (χ1v) is 11.9. The van der Waals surface area contributed by atoms with Gasteiger partial charge in [-0.25, -0.2) is 21.6 Å². The number of sulfonamides is 2. The lowest BCUT2D eigenvalue weighted by molar-refractivity contribution is 0.0730. The first kappa shape index (κ1) is 19.8. The molecule has 1 heterocycles. The third kappa shape index (κ3) is 4.45. The van der Waals surface area contributed by atoms with Gasteiger partial charge in [0.1, 0.15) is 0 Å². The Hall–Kier alpha value is -1.00. The molecular formula is C17H26N2O5S2. The largest absolute Gasteiger partial charge is 0.379 e. The first-order chi connectivity index (χ1) is 12.3. The van der Waals surface area contributed by atoms with Gasteiger partial charge in [-0.3, -0.25) is 0 Å². The Kier molecular flexibility index (Phi) is 6.03. The summed E-state index contributed by atoms with van der Waals surface area (Å²) < 4.78 is 59.6. The fraction of sp³-hybridized carbons (Fsp3) is 0.647. The van der Waals surface area contributed by atoms with Crippen LogP contribution in [0.15, 0.2) is 34.1 Å². The zero-order chi connectivity index (χ0) is 18.8. The maximum atomic E-state index is 12.6. The van der Waals surface area contributed by atoms with E-state index in [0.29, 0.717) is 32.2 Å². The van der Waals surface area contributed by atoms with Gasteiger partial charge in [0.15, 0.2) is 0 Å². The average molecular weight is 403 g/mol. The molecule has 0 unspecified atom stereocenters. The van der Waals surface area contributed by atoms with Crippen LogP contribution in [0.2, 0.25) is 0 Å². The lowest BCUT2D eigenvalue weighted by Gasteiger charge is -2.27. The van der Waals surface area contributed by atoms with E-state index >= 15 is 0 Å². The van der Waals surface area contributed by atoms with Crippen LogP contribution in [0, 0.1) is 5.92 Å². The maximum absolute atomic E-state index is 12.6. The number of ether oxygens (including phenoxy) is 1. The monoisotopic (exact) mass is 402 g/mol. The molecule has 0 spiro atoms. The summed E-state index contributed by atoms with van der Waals surface area (Å²) in [5.41, 5.74) is 0. The summed E-state index contributed by atoms with van der Waals surface area (Å²) in [6.07, 6.45) is 3.71. The van der Waals surface area contributed by atoms with Crippen molar-refractivity contribution in [2.45, 2.75) is 48.4 Å². The average Bonchev–Trinajstić information content (AvgIpc) is 2.64. The molecule has 2 aliphatic rings. The Balaban J connectivity index is 1.72. The van der Waals surface area contributed by atoms with Crippen LogP contribution in [-0.4, -0.2) is 53.5 Å². The molecule has 0 bridgehead atoms. The van der Waals surface area contributed by atoms with Crippen molar-refractivity contribution in [1.29, 1.82) is 0 Å². The molecule has 2 fully saturated rings. The second-order valence-electron chi connectivity index (χ2n) is 7.07. The molecule has 1 aromatic rings. The van der Waals surface area contributed by atoms with Gasteiger partial charge >= 0.3 is 0 Å². The van der Waals surface area contributed by atoms with Gasteiger partial charge in [-0.2, -0.15) is 4.31 Å². The van der Waals surface area contributed by atoms with Gasteiger partial charge in [-0.15, -0.1) is 0 Å². The Morgan fingerprint density at radius 3 is 2.04 bits per heavy atom. The van der Waals surface area contributed by atoms with Crippen molar-refractivity contribution in [3.63, 3.8) is 0 Å². The Morgan fingerprint density at radius 2 is 1.46 bits per heavy atom. The summed E-state index contributed by atoms with van der Waals surface area (Å²) in [7, 11) is -7.26. The summed E-state index contributed by atoms with van der Waals surface area (Å²) in [4.78, 5) is 0.196. The van der Waals surface area contributed by atoms with Crippen LogP contribution in [0.25, 0.3) is 0 Å². The summed E-state index contributed by atoms with van der Waals surface area (Å²) >= 11 is 0. The number of rotatable bonds is 5. The highest BCUT2D eigenvalue weighted by molar-refractivity contribution is 7.89. The van der Waals surface area contributed by atoms with E-state index < -0.39 is 20.0 Å². The minimum Gasteiger partial charge on any atom is -0.379 e. The van der Waals surface area contributed by atoms with E-state index in [1.54, 1.807) is 0 Å². The van der Waals surface area contributed by atoms with Gasteiger partial charge in [-0.1, -0.05) is 6.92 Å². The third-order valence-corrected chi connectivity index (χ3v) is 8.53. The van der Waals surface area contributed by atoms with Crippen molar-refractivity contribution < 1.29 is 21.6 Å². The molecule has 9 heteroatoms. The van der Waals surface area contributed by atoms with Crippen LogP contribution < -0.4 is 4.72 Å². The fourth-order valence-corrected chi connectivity index (χ4v) is 6.11. The highest BCUT2D eigenvalue weighted by Crippen LogP contribution is 2.25. The third-order valence-electron chi connectivity index (χ3n) is 5.08. The molecule has 7 nitrogen and oxygen atoms in total. The normalized spacial score (nSPS) is 25.9. The summed E-state index contributed by atoms with van der Waals surface area (Å²) in [5, 5.41) is 0. The Labute approximate surface area is 155 Å².